The molecule has 0 radical (unpaired) electrons. The number of methoxy groups -OCH3 is 1. The Morgan fingerprint density at radius 1 is 1.56 bits per heavy atom. The Hall–Kier alpha value is -0.0800. The van der Waals surface area contributed by atoms with Gasteiger partial charge in [0.25, 0.3) is 0 Å². The van der Waals surface area contributed by atoms with Gasteiger partial charge >= 0.3 is 0 Å². The molecule has 54 valence electrons. The summed E-state index contributed by atoms with van der Waals surface area (Å²) in [7, 11) is 1.76. The Kier molecular flexibility index (Phi) is 3.01. The quantitative estimate of drug-likeness (QED) is 0.594. The maximum absolute atomic E-state index is 5.02. The standard InChI is InChI=1S/C7H15NO/c1-9-6-7-4-2-3-5-8-7/h7-8H,2-6H2,1H3/t7-/m1/s1. The molecule has 0 amide bonds. The van der Waals surface area contributed by atoms with Crippen LogP contribution in [-0.2, 0) is 4.74 Å². The molecule has 1 rings (SSSR count). The van der Waals surface area contributed by atoms with Crippen LogP contribution in [0.15, 0.2) is 0 Å². The van der Waals surface area contributed by atoms with Crippen molar-refractivity contribution in [1.82, 2.24) is 5.32 Å². The number of ether oxygens (including phenoxy) is 1. The Bertz CT molecular complexity index is 66.6. The lowest BCUT2D eigenvalue weighted by Gasteiger charge is -2.22. The van der Waals surface area contributed by atoms with Crippen molar-refractivity contribution in [2.75, 3.05) is 20.3 Å². The fourth-order valence-corrected chi connectivity index (χ4v) is 1.27. The van der Waals surface area contributed by atoms with Gasteiger partial charge in [-0.1, -0.05) is 6.42 Å². The third-order valence-electron chi connectivity index (χ3n) is 1.78. The van der Waals surface area contributed by atoms with Gasteiger partial charge in [-0.3, -0.25) is 0 Å². The first-order valence-corrected chi connectivity index (χ1v) is 3.66. The maximum Gasteiger partial charge on any atom is 0.0615 e. The highest BCUT2D eigenvalue weighted by molar-refractivity contribution is 4.70. The van der Waals surface area contributed by atoms with Gasteiger partial charge in [-0.2, -0.15) is 0 Å². The van der Waals surface area contributed by atoms with E-state index in [-0.39, 0.29) is 0 Å². The average molecular weight is 129 g/mol. The summed E-state index contributed by atoms with van der Waals surface area (Å²) in [6.45, 7) is 2.05. The minimum absolute atomic E-state index is 0.628. The summed E-state index contributed by atoms with van der Waals surface area (Å²) in [5.74, 6) is 0. The van der Waals surface area contributed by atoms with Gasteiger partial charge in [-0.05, 0) is 19.4 Å². The summed E-state index contributed by atoms with van der Waals surface area (Å²) >= 11 is 0. The Morgan fingerprint density at radius 2 is 2.44 bits per heavy atom. The molecule has 2 nitrogen and oxygen atoms in total. The molecule has 2 heteroatoms. The van der Waals surface area contributed by atoms with Crippen molar-refractivity contribution >= 4 is 0 Å². The van der Waals surface area contributed by atoms with Crippen LogP contribution in [0.1, 0.15) is 19.3 Å². The molecule has 1 aliphatic heterocycles. The van der Waals surface area contributed by atoms with Crippen LogP contribution in [0.4, 0.5) is 0 Å². The zero-order valence-electron chi connectivity index (χ0n) is 6.02. The molecule has 1 heterocycles. The summed E-state index contributed by atoms with van der Waals surface area (Å²) in [4.78, 5) is 0. The average Bonchev–Trinajstić information content (AvgIpc) is 1.91. The van der Waals surface area contributed by atoms with Gasteiger partial charge in [0.2, 0.25) is 0 Å². The van der Waals surface area contributed by atoms with Crippen LogP contribution in [-0.4, -0.2) is 26.3 Å². The zero-order chi connectivity index (χ0) is 6.53. The third kappa shape index (κ3) is 2.33. The first-order chi connectivity index (χ1) is 4.43. The molecule has 0 bridgehead atoms. The van der Waals surface area contributed by atoms with Crippen molar-refractivity contribution in [3.8, 4) is 0 Å². The highest BCUT2D eigenvalue weighted by Gasteiger charge is 2.10. The molecule has 1 fully saturated rings. The second kappa shape index (κ2) is 3.85. The molecule has 1 N–H and O–H groups in total. The molecule has 1 atom stereocenters. The molecular weight excluding hydrogens is 114 g/mol. The van der Waals surface area contributed by atoms with Crippen LogP contribution in [0.5, 0.6) is 0 Å². The van der Waals surface area contributed by atoms with E-state index in [1.807, 2.05) is 0 Å². The van der Waals surface area contributed by atoms with Crippen LogP contribution in [0.25, 0.3) is 0 Å². The maximum atomic E-state index is 5.02. The Balaban J connectivity index is 2.08. The van der Waals surface area contributed by atoms with Crippen LogP contribution in [0.3, 0.4) is 0 Å². The number of rotatable bonds is 2. The van der Waals surface area contributed by atoms with E-state index in [0.29, 0.717) is 6.04 Å². The molecular formula is C7H15NO. The largest absolute Gasteiger partial charge is 0.383 e. The molecule has 0 aromatic carbocycles. The van der Waals surface area contributed by atoms with Crippen LogP contribution < -0.4 is 5.32 Å². The summed E-state index contributed by atoms with van der Waals surface area (Å²) in [5.41, 5.74) is 0. The smallest absolute Gasteiger partial charge is 0.0615 e. The van der Waals surface area contributed by atoms with Crippen LogP contribution in [0, 0.1) is 0 Å². The summed E-state index contributed by atoms with van der Waals surface area (Å²) in [6, 6.07) is 0.628. The second-order valence-electron chi connectivity index (χ2n) is 2.60. The monoisotopic (exact) mass is 129 g/mol. The predicted molar refractivity (Wildman–Crippen MR) is 37.5 cm³/mol. The predicted octanol–water partition coefficient (Wildman–Crippen LogP) is 0.775. The number of hydrogen-bond donors (Lipinski definition) is 1. The molecule has 1 aliphatic rings. The van der Waals surface area contributed by atoms with E-state index >= 15 is 0 Å². The number of piperidine rings is 1. The van der Waals surface area contributed by atoms with Crippen molar-refractivity contribution in [1.29, 1.82) is 0 Å². The van der Waals surface area contributed by atoms with E-state index in [1.165, 1.54) is 25.8 Å². The number of nitrogens with one attached hydrogen (secondary N) is 1. The Labute approximate surface area is 56.6 Å². The highest BCUT2D eigenvalue weighted by atomic mass is 16.5. The van der Waals surface area contributed by atoms with Crippen molar-refractivity contribution in [3.05, 3.63) is 0 Å². The van der Waals surface area contributed by atoms with E-state index in [9.17, 15) is 0 Å². The summed E-state index contributed by atoms with van der Waals surface area (Å²) in [5, 5.41) is 3.40. The first-order valence-electron chi connectivity index (χ1n) is 3.66. The zero-order valence-corrected chi connectivity index (χ0v) is 6.02. The first kappa shape index (κ1) is 7.03. The van der Waals surface area contributed by atoms with Gasteiger partial charge in [-0.25, -0.2) is 0 Å². The second-order valence-corrected chi connectivity index (χ2v) is 2.60. The fraction of sp³-hybridized carbons (Fsp3) is 1.00. The van der Waals surface area contributed by atoms with Crippen LogP contribution >= 0.6 is 0 Å². The van der Waals surface area contributed by atoms with E-state index in [2.05, 4.69) is 5.32 Å². The van der Waals surface area contributed by atoms with Gasteiger partial charge in [0, 0.05) is 13.2 Å². The lowest BCUT2D eigenvalue weighted by atomic mass is 10.1. The van der Waals surface area contributed by atoms with Gasteiger partial charge in [0.1, 0.15) is 0 Å². The lowest BCUT2D eigenvalue weighted by molar-refractivity contribution is 0.154. The SMILES string of the molecule is COC[C@H]1CCCCN1. The van der Waals surface area contributed by atoms with Gasteiger partial charge < -0.3 is 10.1 Å². The number of hydrogen-bond acceptors (Lipinski definition) is 2. The van der Waals surface area contributed by atoms with Crippen molar-refractivity contribution in [2.45, 2.75) is 25.3 Å². The summed E-state index contributed by atoms with van der Waals surface area (Å²) < 4.78 is 5.02. The van der Waals surface area contributed by atoms with Gasteiger partial charge in [0.05, 0.1) is 6.61 Å². The summed E-state index contributed by atoms with van der Waals surface area (Å²) in [6.07, 6.45) is 3.98. The van der Waals surface area contributed by atoms with Crippen molar-refractivity contribution < 1.29 is 4.74 Å². The Morgan fingerprint density at radius 3 is 3.00 bits per heavy atom. The lowest BCUT2D eigenvalue weighted by Crippen LogP contribution is -2.37. The molecule has 0 saturated carbocycles. The van der Waals surface area contributed by atoms with E-state index in [1.54, 1.807) is 7.11 Å². The van der Waals surface area contributed by atoms with E-state index in [4.69, 9.17) is 4.74 Å². The fourth-order valence-electron chi connectivity index (χ4n) is 1.27. The molecule has 0 aromatic heterocycles. The topological polar surface area (TPSA) is 21.3 Å². The third-order valence-corrected chi connectivity index (χ3v) is 1.78. The highest BCUT2D eigenvalue weighted by Crippen LogP contribution is 2.06. The minimum atomic E-state index is 0.628. The van der Waals surface area contributed by atoms with Crippen molar-refractivity contribution in [2.24, 2.45) is 0 Å². The molecule has 0 spiro atoms. The van der Waals surface area contributed by atoms with Crippen LogP contribution in [0.2, 0.25) is 0 Å². The van der Waals surface area contributed by atoms with Gasteiger partial charge in [0.15, 0.2) is 0 Å². The normalized spacial score (nSPS) is 28.3. The molecule has 9 heavy (non-hydrogen) atoms. The molecule has 0 aliphatic carbocycles. The van der Waals surface area contributed by atoms with E-state index in [0.717, 1.165) is 6.61 Å². The molecule has 1 saturated heterocycles. The molecule has 0 unspecified atom stereocenters. The molecule has 0 aromatic rings. The van der Waals surface area contributed by atoms with Crippen molar-refractivity contribution in [3.63, 3.8) is 0 Å². The van der Waals surface area contributed by atoms with E-state index < -0.39 is 0 Å². The minimum Gasteiger partial charge on any atom is -0.383 e. The van der Waals surface area contributed by atoms with Gasteiger partial charge in [-0.15, -0.1) is 0 Å².